The highest BCUT2D eigenvalue weighted by Crippen LogP contribution is 2.43. The molecule has 6 nitrogen and oxygen atoms in total. The van der Waals surface area contributed by atoms with Gasteiger partial charge in [-0.15, -0.1) is 0 Å². The molecule has 0 bridgehead atoms. The van der Waals surface area contributed by atoms with Crippen LogP contribution in [0.25, 0.3) is 10.9 Å². The first kappa shape index (κ1) is 25.4. The number of likely N-dealkylation sites (tertiary alicyclic amines) is 1. The number of nitrogens with zero attached hydrogens (tertiary/aromatic N) is 3. The second kappa shape index (κ2) is 10.4. The number of aromatic amines is 1. The van der Waals surface area contributed by atoms with Gasteiger partial charge in [-0.3, -0.25) is 14.5 Å². The maximum atomic E-state index is 14.1. The van der Waals surface area contributed by atoms with Crippen molar-refractivity contribution < 1.29 is 9.59 Å². The highest BCUT2D eigenvalue weighted by atomic mass is 35.5. The monoisotopic (exact) mass is 552 g/mol. The summed E-state index contributed by atoms with van der Waals surface area (Å²) in [5.41, 5.74) is 5.46. The number of carbonyl (C=O) groups excluding carboxylic acids is 2. The van der Waals surface area contributed by atoms with E-state index in [4.69, 9.17) is 11.6 Å². The van der Waals surface area contributed by atoms with E-state index in [1.165, 1.54) is 5.56 Å². The predicted molar refractivity (Wildman–Crippen MR) is 157 cm³/mol. The van der Waals surface area contributed by atoms with Gasteiger partial charge in [0, 0.05) is 41.1 Å². The number of H-pyrrole nitrogens is 1. The van der Waals surface area contributed by atoms with Gasteiger partial charge in [0.2, 0.25) is 11.8 Å². The molecule has 7 rings (SSSR count). The number of carbonyl (C=O) groups is 2. The number of piperazine rings is 1. The topological polar surface area (TPSA) is 59.7 Å². The Kier molecular flexibility index (Phi) is 6.60. The van der Waals surface area contributed by atoms with Crippen molar-refractivity contribution in [2.24, 2.45) is 5.92 Å². The van der Waals surface area contributed by atoms with Crippen molar-refractivity contribution in [3.8, 4) is 0 Å². The van der Waals surface area contributed by atoms with Crippen LogP contribution in [0, 0.1) is 5.92 Å². The van der Waals surface area contributed by atoms with Crippen LogP contribution in [0.2, 0.25) is 5.02 Å². The summed E-state index contributed by atoms with van der Waals surface area (Å²) in [6.45, 7) is 3.79. The van der Waals surface area contributed by atoms with Crippen LogP contribution in [0.5, 0.6) is 0 Å². The molecule has 3 aliphatic rings. The zero-order chi connectivity index (χ0) is 27.2. The van der Waals surface area contributed by atoms with Gasteiger partial charge in [-0.1, -0.05) is 72.3 Å². The van der Waals surface area contributed by atoms with Crippen LogP contribution in [-0.2, 0) is 22.6 Å². The second-order valence-corrected chi connectivity index (χ2v) is 11.9. The summed E-state index contributed by atoms with van der Waals surface area (Å²) in [5, 5.41) is 1.77. The van der Waals surface area contributed by atoms with Gasteiger partial charge in [-0.2, -0.15) is 0 Å². The van der Waals surface area contributed by atoms with Crippen molar-refractivity contribution in [3.05, 3.63) is 106 Å². The Morgan fingerprint density at radius 1 is 0.875 bits per heavy atom. The van der Waals surface area contributed by atoms with E-state index in [0.717, 1.165) is 60.2 Å². The molecule has 4 aromatic rings. The number of amides is 2. The number of benzene rings is 3. The molecule has 0 aliphatic carbocycles. The first-order chi connectivity index (χ1) is 19.5. The quantitative estimate of drug-likeness (QED) is 0.360. The van der Waals surface area contributed by atoms with Crippen LogP contribution in [-0.4, -0.2) is 63.7 Å². The Balaban J connectivity index is 1.12. The number of nitrogens with one attached hydrogen (secondary N) is 1. The summed E-state index contributed by atoms with van der Waals surface area (Å²) in [6.07, 6.45) is 2.61. The minimum atomic E-state index is -0.508. The van der Waals surface area contributed by atoms with E-state index in [-0.39, 0.29) is 24.4 Å². The van der Waals surface area contributed by atoms with Crippen LogP contribution in [0.4, 0.5) is 0 Å². The average Bonchev–Trinajstić information content (AvgIpc) is 3.35. The SMILES string of the molecule is O=C1[C@@H]2Cc3c([nH]c4ccccc34)C(c3ccc(Cl)cc3)N2C(=O)CN1CC1CCN(Cc2ccccc2)CC1. The zero-order valence-electron chi connectivity index (χ0n) is 22.4. The molecular weight excluding hydrogens is 520 g/mol. The maximum Gasteiger partial charge on any atom is 0.246 e. The molecule has 3 aromatic carbocycles. The lowest BCUT2D eigenvalue weighted by Gasteiger charge is -2.48. The van der Waals surface area contributed by atoms with Gasteiger partial charge in [-0.05, 0) is 66.7 Å². The minimum Gasteiger partial charge on any atom is -0.356 e. The highest BCUT2D eigenvalue weighted by molar-refractivity contribution is 6.30. The molecule has 3 aliphatic heterocycles. The lowest BCUT2D eigenvalue weighted by Crippen LogP contribution is -2.63. The summed E-state index contributed by atoms with van der Waals surface area (Å²) in [4.78, 5) is 37.7. The molecule has 2 saturated heterocycles. The number of halogens is 1. The third-order valence-electron chi connectivity index (χ3n) is 8.96. The van der Waals surface area contributed by atoms with Crippen LogP contribution >= 0.6 is 11.6 Å². The summed E-state index contributed by atoms with van der Waals surface area (Å²) >= 11 is 6.21. The number of fused-ring (bicyclic) bond motifs is 4. The van der Waals surface area contributed by atoms with Gasteiger partial charge >= 0.3 is 0 Å². The van der Waals surface area contributed by atoms with E-state index >= 15 is 0 Å². The number of para-hydroxylation sites is 1. The molecule has 204 valence electrons. The Bertz CT molecular complexity index is 1540. The lowest BCUT2D eigenvalue weighted by molar-refractivity contribution is -0.159. The molecule has 2 fully saturated rings. The molecule has 0 radical (unpaired) electrons. The first-order valence-electron chi connectivity index (χ1n) is 14.3. The summed E-state index contributed by atoms with van der Waals surface area (Å²) in [5.74, 6) is 0.492. The molecule has 4 heterocycles. The van der Waals surface area contributed by atoms with Gasteiger partial charge in [-0.25, -0.2) is 0 Å². The largest absolute Gasteiger partial charge is 0.356 e. The average molecular weight is 553 g/mol. The lowest BCUT2D eigenvalue weighted by atomic mass is 9.85. The fourth-order valence-corrected chi connectivity index (χ4v) is 7.08. The van der Waals surface area contributed by atoms with Crippen molar-refractivity contribution in [2.45, 2.75) is 37.9 Å². The third kappa shape index (κ3) is 4.59. The summed E-state index contributed by atoms with van der Waals surface area (Å²) in [7, 11) is 0. The Morgan fingerprint density at radius 2 is 1.60 bits per heavy atom. The van der Waals surface area contributed by atoms with Gasteiger partial charge in [0.05, 0.1) is 12.6 Å². The number of hydrogen-bond acceptors (Lipinski definition) is 3. The smallest absolute Gasteiger partial charge is 0.246 e. The Morgan fingerprint density at radius 3 is 2.38 bits per heavy atom. The predicted octanol–water partition coefficient (Wildman–Crippen LogP) is 5.42. The van der Waals surface area contributed by atoms with Crippen LogP contribution in [0.3, 0.4) is 0 Å². The van der Waals surface area contributed by atoms with Crippen LogP contribution in [0.1, 0.15) is 41.3 Å². The van der Waals surface area contributed by atoms with Crippen molar-refractivity contribution in [2.75, 3.05) is 26.2 Å². The summed E-state index contributed by atoms with van der Waals surface area (Å²) in [6, 6.07) is 25.6. The molecular formula is C33H33ClN4O2. The minimum absolute atomic E-state index is 0.00960. The first-order valence-corrected chi connectivity index (χ1v) is 14.6. The Hall–Kier alpha value is -3.61. The number of hydrogen-bond donors (Lipinski definition) is 1. The van der Waals surface area contributed by atoms with Crippen LogP contribution < -0.4 is 0 Å². The fraction of sp³-hybridized carbons (Fsp3) is 0.333. The zero-order valence-corrected chi connectivity index (χ0v) is 23.2. The standard InChI is InChI=1S/C33H33ClN4O2/c34-25-12-10-24(11-13-25)32-31-27(26-8-4-5-9-28(26)35-31)18-29-33(40)37(21-30(39)38(29)32)20-23-14-16-36(17-15-23)19-22-6-2-1-3-7-22/h1-13,23,29,32,35H,14-21H2/t29-,32?/m0/s1. The van der Waals surface area contributed by atoms with Crippen LogP contribution in [0.15, 0.2) is 78.9 Å². The molecule has 0 spiro atoms. The normalized spacial score (nSPS) is 22.0. The van der Waals surface area contributed by atoms with E-state index in [0.29, 0.717) is 23.9 Å². The molecule has 0 saturated carbocycles. The van der Waals surface area contributed by atoms with E-state index in [1.807, 2.05) is 46.2 Å². The molecule has 2 amide bonds. The van der Waals surface area contributed by atoms with Gasteiger partial charge in [0.25, 0.3) is 0 Å². The third-order valence-corrected chi connectivity index (χ3v) is 9.21. The molecule has 1 N–H and O–H groups in total. The Labute approximate surface area is 239 Å². The molecule has 2 atom stereocenters. The molecule has 1 aromatic heterocycles. The van der Waals surface area contributed by atoms with Gasteiger partial charge in [0.1, 0.15) is 6.04 Å². The maximum absolute atomic E-state index is 14.1. The molecule has 7 heteroatoms. The number of rotatable bonds is 5. The van der Waals surface area contributed by atoms with Crippen molar-refractivity contribution in [1.29, 1.82) is 0 Å². The van der Waals surface area contributed by atoms with Crippen molar-refractivity contribution in [1.82, 2.24) is 19.7 Å². The highest BCUT2D eigenvalue weighted by Gasteiger charge is 2.48. The van der Waals surface area contributed by atoms with Gasteiger partial charge in [0.15, 0.2) is 0 Å². The molecule has 1 unspecified atom stereocenters. The van der Waals surface area contributed by atoms with Crippen molar-refractivity contribution >= 4 is 34.3 Å². The van der Waals surface area contributed by atoms with E-state index in [1.54, 1.807) is 0 Å². The second-order valence-electron chi connectivity index (χ2n) is 11.5. The van der Waals surface area contributed by atoms with E-state index in [2.05, 4.69) is 52.3 Å². The molecule has 40 heavy (non-hydrogen) atoms. The van der Waals surface area contributed by atoms with Crippen molar-refractivity contribution in [3.63, 3.8) is 0 Å². The number of piperidine rings is 1. The van der Waals surface area contributed by atoms with Gasteiger partial charge < -0.3 is 14.8 Å². The fourth-order valence-electron chi connectivity index (χ4n) is 6.95. The van der Waals surface area contributed by atoms with E-state index in [9.17, 15) is 9.59 Å². The van der Waals surface area contributed by atoms with E-state index < -0.39 is 6.04 Å². The number of aromatic nitrogens is 1. The summed E-state index contributed by atoms with van der Waals surface area (Å²) < 4.78 is 0.